The van der Waals surface area contributed by atoms with Crippen molar-refractivity contribution in [2.45, 2.75) is 19.4 Å². The smallest absolute Gasteiger partial charge is 0.162 e. The summed E-state index contributed by atoms with van der Waals surface area (Å²) in [5, 5.41) is 0.976. The fraction of sp³-hybridized carbons (Fsp3) is 0.500. The molecule has 0 saturated carbocycles. The first-order valence-corrected chi connectivity index (χ1v) is 8.00. The molecule has 0 bridgehead atoms. The van der Waals surface area contributed by atoms with Crippen LogP contribution in [0.3, 0.4) is 0 Å². The minimum atomic E-state index is -0.0115. The van der Waals surface area contributed by atoms with Gasteiger partial charge in [0.1, 0.15) is 16.8 Å². The molecule has 1 unspecified atom stereocenters. The van der Waals surface area contributed by atoms with Gasteiger partial charge in [-0.1, -0.05) is 6.92 Å². The average molecular weight is 281 g/mol. The number of aromatic nitrogens is 2. The first-order chi connectivity index (χ1) is 8.78. The molecule has 1 atom stereocenters. The SMILES string of the molecule is CCc1cc2c(N)nc(C3CSCCO3)nc2s1. The zero-order valence-corrected chi connectivity index (χ0v) is 11.8. The van der Waals surface area contributed by atoms with Crippen molar-refractivity contribution in [1.82, 2.24) is 9.97 Å². The lowest BCUT2D eigenvalue weighted by molar-refractivity contribution is 0.0698. The molecule has 6 heteroatoms. The molecule has 1 aliphatic rings. The van der Waals surface area contributed by atoms with Crippen LogP contribution < -0.4 is 5.73 Å². The highest BCUT2D eigenvalue weighted by atomic mass is 32.2. The lowest BCUT2D eigenvalue weighted by atomic mass is 10.3. The summed E-state index contributed by atoms with van der Waals surface area (Å²) in [6.45, 7) is 2.90. The van der Waals surface area contributed by atoms with Gasteiger partial charge in [0.2, 0.25) is 0 Å². The van der Waals surface area contributed by atoms with Gasteiger partial charge < -0.3 is 10.5 Å². The molecule has 3 rings (SSSR count). The van der Waals surface area contributed by atoms with E-state index in [-0.39, 0.29) is 6.10 Å². The fourth-order valence-corrected chi connectivity index (χ4v) is 3.79. The summed E-state index contributed by atoms with van der Waals surface area (Å²) in [5.74, 6) is 3.27. The van der Waals surface area contributed by atoms with Gasteiger partial charge >= 0.3 is 0 Å². The number of nitrogens with two attached hydrogens (primary N) is 1. The van der Waals surface area contributed by atoms with E-state index in [2.05, 4.69) is 23.0 Å². The molecule has 3 heterocycles. The van der Waals surface area contributed by atoms with Crippen LogP contribution in [-0.2, 0) is 11.2 Å². The van der Waals surface area contributed by atoms with E-state index in [0.717, 1.165) is 40.6 Å². The van der Waals surface area contributed by atoms with Crippen LogP contribution in [0.1, 0.15) is 23.7 Å². The highest BCUT2D eigenvalue weighted by molar-refractivity contribution is 7.99. The van der Waals surface area contributed by atoms with Crippen molar-refractivity contribution in [2.75, 3.05) is 23.8 Å². The number of aryl methyl sites for hydroxylation is 1. The van der Waals surface area contributed by atoms with E-state index >= 15 is 0 Å². The van der Waals surface area contributed by atoms with Gasteiger partial charge in [0.25, 0.3) is 0 Å². The second kappa shape index (κ2) is 5.03. The van der Waals surface area contributed by atoms with Gasteiger partial charge in [-0.15, -0.1) is 11.3 Å². The molecule has 1 saturated heterocycles. The van der Waals surface area contributed by atoms with E-state index in [1.807, 2.05) is 11.8 Å². The second-order valence-corrected chi connectivity index (χ2v) is 6.45. The number of thiophene rings is 1. The predicted octanol–water partition coefficient (Wildman–Crippen LogP) is 2.64. The summed E-state index contributed by atoms with van der Waals surface area (Å²) in [6, 6.07) is 2.09. The number of nitrogens with zero attached hydrogens (tertiary/aromatic N) is 2. The molecule has 0 amide bonds. The lowest BCUT2D eigenvalue weighted by Crippen LogP contribution is -2.18. The number of fused-ring (bicyclic) bond motifs is 1. The van der Waals surface area contributed by atoms with Crippen LogP contribution >= 0.6 is 23.1 Å². The number of nitrogen functional groups attached to an aromatic ring is 1. The van der Waals surface area contributed by atoms with Crippen LogP contribution in [0.5, 0.6) is 0 Å². The summed E-state index contributed by atoms with van der Waals surface area (Å²) in [7, 11) is 0. The topological polar surface area (TPSA) is 61.0 Å². The molecule has 1 fully saturated rings. The summed E-state index contributed by atoms with van der Waals surface area (Å²) >= 11 is 3.57. The quantitative estimate of drug-likeness (QED) is 0.917. The minimum Gasteiger partial charge on any atom is -0.383 e. The van der Waals surface area contributed by atoms with E-state index in [1.54, 1.807) is 11.3 Å². The third-order valence-corrected chi connectivity index (χ3v) is 5.11. The van der Waals surface area contributed by atoms with Crippen molar-refractivity contribution >= 4 is 39.1 Å². The number of anilines is 1. The molecule has 2 aromatic rings. The van der Waals surface area contributed by atoms with Crippen LogP contribution in [0.2, 0.25) is 0 Å². The van der Waals surface area contributed by atoms with Crippen molar-refractivity contribution in [3.8, 4) is 0 Å². The number of hydrogen-bond donors (Lipinski definition) is 1. The molecule has 96 valence electrons. The van der Waals surface area contributed by atoms with Crippen LogP contribution in [0.4, 0.5) is 5.82 Å². The predicted molar refractivity (Wildman–Crippen MR) is 77.2 cm³/mol. The van der Waals surface area contributed by atoms with Gasteiger partial charge in [-0.2, -0.15) is 11.8 Å². The third-order valence-electron chi connectivity index (χ3n) is 2.94. The molecule has 0 spiro atoms. The van der Waals surface area contributed by atoms with Crippen molar-refractivity contribution in [3.63, 3.8) is 0 Å². The number of thioether (sulfide) groups is 1. The van der Waals surface area contributed by atoms with Crippen LogP contribution in [0, 0.1) is 0 Å². The van der Waals surface area contributed by atoms with Gasteiger partial charge in [-0.05, 0) is 12.5 Å². The Morgan fingerprint density at radius 2 is 2.39 bits per heavy atom. The average Bonchev–Trinajstić information content (AvgIpc) is 2.83. The van der Waals surface area contributed by atoms with Gasteiger partial charge in [0.15, 0.2) is 5.82 Å². The van der Waals surface area contributed by atoms with Crippen molar-refractivity contribution in [3.05, 3.63) is 16.8 Å². The molecular formula is C12H15N3OS2. The van der Waals surface area contributed by atoms with Crippen molar-refractivity contribution < 1.29 is 4.74 Å². The zero-order chi connectivity index (χ0) is 12.5. The summed E-state index contributed by atoms with van der Waals surface area (Å²) < 4.78 is 5.70. The standard InChI is InChI=1S/C12H15N3OS2/c1-2-7-5-8-10(13)14-11(15-12(8)18-7)9-6-17-4-3-16-9/h5,9H,2-4,6H2,1H3,(H2,13,14,15). The van der Waals surface area contributed by atoms with E-state index in [9.17, 15) is 0 Å². The fourth-order valence-electron chi connectivity index (χ4n) is 1.97. The van der Waals surface area contributed by atoms with E-state index in [1.165, 1.54) is 4.88 Å². The Kier molecular flexibility index (Phi) is 3.41. The summed E-state index contributed by atoms with van der Waals surface area (Å²) in [5.41, 5.74) is 6.02. The maximum Gasteiger partial charge on any atom is 0.162 e. The van der Waals surface area contributed by atoms with Gasteiger partial charge in [-0.25, -0.2) is 9.97 Å². The van der Waals surface area contributed by atoms with Crippen molar-refractivity contribution in [1.29, 1.82) is 0 Å². The van der Waals surface area contributed by atoms with Crippen LogP contribution in [0.15, 0.2) is 6.07 Å². The molecule has 2 aromatic heterocycles. The Balaban J connectivity index is 2.02. The molecule has 0 radical (unpaired) electrons. The molecule has 0 aliphatic carbocycles. The van der Waals surface area contributed by atoms with Gasteiger partial charge in [-0.3, -0.25) is 0 Å². The largest absolute Gasteiger partial charge is 0.383 e. The maximum absolute atomic E-state index is 6.02. The van der Waals surface area contributed by atoms with E-state index in [0.29, 0.717) is 5.82 Å². The Bertz CT molecular complexity index is 564. The Morgan fingerprint density at radius 3 is 3.11 bits per heavy atom. The number of rotatable bonds is 2. The Labute approximate surface area is 114 Å². The molecule has 18 heavy (non-hydrogen) atoms. The molecular weight excluding hydrogens is 266 g/mol. The van der Waals surface area contributed by atoms with Crippen LogP contribution in [0.25, 0.3) is 10.2 Å². The van der Waals surface area contributed by atoms with E-state index < -0.39 is 0 Å². The lowest BCUT2D eigenvalue weighted by Gasteiger charge is -2.20. The highest BCUT2D eigenvalue weighted by Crippen LogP contribution is 2.31. The molecule has 1 aliphatic heterocycles. The normalized spacial score (nSPS) is 20.4. The van der Waals surface area contributed by atoms with E-state index in [4.69, 9.17) is 10.5 Å². The van der Waals surface area contributed by atoms with Crippen molar-refractivity contribution in [2.24, 2.45) is 0 Å². The highest BCUT2D eigenvalue weighted by Gasteiger charge is 2.21. The number of ether oxygens (including phenoxy) is 1. The summed E-state index contributed by atoms with van der Waals surface area (Å²) in [6.07, 6.45) is 0.994. The monoisotopic (exact) mass is 281 g/mol. The van der Waals surface area contributed by atoms with Gasteiger partial charge in [0.05, 0.1) is 12.0 Å². The third kappa shape index (κ3) is 2.20. The van der Waals surface area contributed by atoms with Gasteiger partial charge in [0, 0.05) is 16.4 Å². The molecule has 4 nitrogen and oxygen atoms in total. The Morgan fingerprint density at radius 1 is 1.50 bits per heavy atom. The van der Waals surface area contributed by atoms with Crippen LogP contribution in [-0.4, -0.2) is 28.1 Å². The molecule has 2 N–H and O–H groups in total. The summed E-state index contributed by atoms with van der Waals surface area (Å²) in [4.78, 5) is 11.3. The first kappa shape index (κ1) is 12.2. The minimum absolute atomic E-state index is 0.0115. The Hall–Kier alpha value is -0.850. The number of hydrogen-bond acceptors (Lipinski definition) is 6. The maximum atomic E-state index is 6.02. The zero-order valence-electron chi connectivity index (χ0n) is 10.2. The first-order valence-electron chi connectivity index (χ1n) is 6.03. The molecule has 0 aromatic carbocycles. The second-order valence-electron chi connectivity index (χ2n) is 4.19.